The second kappa shape index (κ2) is 8.45. The maximum absolute atomic E-state index is 13.5. The van der Waals surface area contributed by atoms with Gasteiger partial charge in [0, 0.05) is 16.7 Å². The first-order valence-corrected chi connectivity index (χ1v) is 8.98. The number of hydrogen-bond acceptors (Lipinski definition) is 5. The molecule has 0 saturated carbocycles. The highest BCUT2D eigenvalue weighted by molar-refractivity contribution is 6.57. The molecule has 1 N–H and O–H groups in total. The van der Waals surface area contributed by atoms with Gasteiger partial charge in [0.15, 0.2) is 17.3 Å². The molecular weight excluding hydrogens is 384 g/mol. The molecule has 30 heavy (non-hydrogen) atoms. The molecule has 0 fully saturated rings. The van der Waals surface area contributed by atoms with E-state index in [-0.39, 0.29) is 16.7 Å². The van der Waals surface area contributed by atoms with E-state index in [1.807, 2.05) is 0 Å². The van der Waals surface area contributed by atoms with Crippen LogP contribution in [0.2, 0.25) is 0 Å². The van der Waals surface area contributed by atoms with Crippen molar-refractivity contribution in [2.75, 3.05) is 0 Å². The summed E-state index contributed by atoms with van der Waals surface area (Å²) in [6, 6.07) is 21.7. The molecule has 0 radical (unpaired) electrons. The van der Waals surface area contributed by atoms with Crippen LogP contribution in [0.15, 0.2) is 91.0 Å². The molecule has 148 valence electrons. The maximum Gasteiger partial charge on any atom is 0.374 e. The molecule has 3 aromatic carbocycles. The van der Waals surface area contributed by atoms with E-state index < -0.39 is 34.5 Å². The summed E-state index contributed by atoms with van der Waals surface area (Å²) in [6.07, 6.45) is 0. The second-order valence-electron chi connectivity index (χ2n) is 6.47. The Morgan fingerprint density at radius 2 is 0.767 bits per heavy atom. The second-order valence-corrected chi connectivity index (χ2v) is 6.47. The van der Waals surface area contributed by atoms with Crippen LogP contribution in [0.25, 0.3) is 0 Å². The molecule has 6 heteroatoms. The quantitative estimate of drug-likeness (QED) is 0.353. The molecule has 0 spiro atoms. The zero-order chi connectivity index (χ0) is 21.7. The minimum Gasteiger partial charge on any atom is -0.475 e. The van der Waals surface area contributed by atoms with E-state index >= 15 is 0 Å². The largest absolute Gasteiger partial charge is 0.475 e. The summed E-state index contributed by atoms with van der Waals surface area (Å²) >= 11 is 0. The number of ketones is 4. The predicted octanol–water partition coefficient (Wildman–Crippen LogP) is 3.28. The Morgan fingerprint density at radius 1 is 0.500 bits per heavy atom. The first kappa shape index (κ1) is 20.5. The van der Waals surface area contributed by atoms with Crippen LogP contribution in [-0.2, 0) is 9.59 Å². The number of rotatable bonds is 8. The van der Waals surface area contributed by atoms with Gasteiger partial charge in [-0.25, -0.2) is 4.79 Å². The smallest absolute Gasteiger partial charge is 0.374 e. The molecule has 0 unspecified atom stereocenters. The lowest BCUT2D eigenvalue weighted by molar-refractivity contribution is -0.151. The fraction of sp³-hybridized carbons (Fsp3) is 0.0417. The zero-order valence-corrected chi connectivity index (χ0v) is 15.6. The van der Waals surface area contributed by atoms with Gasteiger partial charge in [-0.05, 0) is 0 Å². The lowest BCUT2D eigenvalue weighted by Crippen LogP contribution is -2.55. The van der Waals surface area contributed by atoms with E-state index in [0.29, 0.717) is 0 Å². The highest BCUT2D eigenvalue weighted by Crippen LogP contribution is 2.34. The minimum absolute atomic E-state index is 0.124. The molecule has 6 nitrogen and oxygen atoms in total. The van der Waals surface area contributed by atoms with Gasteiger partial charge in [-0.3, -0.25) is 19.2 Å². The highest BCUT2D eigenvalue weighted by atomic mass is 16.4. The van der Waals surface area contributed by atoms with Gasteiger partial charge < -0.3 is 5.11 Å². The number of carbonyl (C=O) groups is 5. The summed E-state index contributed by atoms with van der Waals surface area (Å²) in [4.78, 5) is 65.2. The van der Waals surface area contributed by atoms with Crippen molar-refractivity contribution < 1.29 is 29.1 Å². The van der Waals surface area contributed by atoms with Crippen LogP contribution >= 0.6 is 0 Å². The van der Waals surface area contributed by atoms with Crippen molar-refractivity contribution in [2.24, 2.45) is 5.41 Å². The third-order valence-electron chi connectivity index (χ3n) is 4.66. The van der Waals surface area contributed by atoms with Crippen molar-refractivity contribution in [3.8, 4) is 0 Å². The van der Waals surface area contributed by atoms with Crippen molar-refractivity contribution in [1.82, 2.24) is 0 Å². The molecular formula is C24H16O6. The van der Waals surface area contributed by atoms with E-state index in [1.54, 1.807) is 18.2 Å². The van der Waals surface area contributed by atoms with Crippen molar-refractivity contribution in [3.63, 3.8) is 0 Å². The Kier molecular flexibility index (Phi) is 5.78. The summed E-state index contributed by atoms with van der Waals surface area (Å²) in [5.41, 5.74) is -3.46. The van der Waals surface area contributed by atoms with Crippen LogP contribution in [0.5, 0.6) is 0 Å². The Labute approximate surface area is 171 Å². The van der Waals surface area contributed by atoms with Crippen LogP contribution in [-0.4, -0.2) is 34.2 Å². The van der Waals surface area contributed by atoms with Gasteiger partial charge in [0.05, 0.1) is 0 Å². The fourth-order valence-corrected chi connectivity index (χ4v) is 3.20. The molecule has 0 aromatic heterocycles. The van der Waals surface area contributed by atoms with Gasteiger partial charge in [-0.2, -0.15) is 0 Å². The third-order valence-corrected chi connectivity index (χ3v) is 4.66. The summed E-state index contributed by atoms with van der Waals surface area (Å²) in [5.74, 6) is -7.39. The first-order chi connectivity index (χ1) is 14.4. The minimum atomic E-state index is -3.09. The molecule has 0 aliphatic rings. The number of hydrogen-bond donors (Lipinski definition) is 1. The van der Waals surface area contributed by atoms with Crippen molar-refractivity contribution in [3.05, 3.63) is 108 Å². The van der Waals surface area contributed by atoms with Crippen molar-refractivity contribution >= 4 is 29.1 Å². The predicted molar refractivity (Wildman–Crippen MR) is 107 cm³/mol. The van der Waals surface area contributed by atoms with Gasteiger partial charge in [-0.15, -0.1) is 0 Å². The van der Waals surface area contributed by atoms with Crippen LogP contribution in [0.1, 0.15) is 31.1 Å². The van der Waals surface area contributed by atoms with Crippen molar-refractivity contribution in [1.29, 1.82) is 0 Å². The van der Waals surface area contributed by atoms with Gasteiger partial charge >= 0.3 is 5.97 Å². The van der Waals surface area contributed by atoms with Gasteiger partial charge in [-0.1, -0.05) is 91.0 Å². The molecule has 0 amide bonds. The van der Waals surface area contributed by atoms with Gasteiger partial charge in [0.1, 0.15) is 0 Å². The molecule has 0 aliphatic carbocycles. The molecule has 0 heterocycles. The number of aliphatic carboxylic acids is 1. The Morgan fingerprint density at radius 3 is 1.00 bits per heavy atom. The number of benzene rings is 3. The lowest BCUT2D eigenvalue weighted by atomic mass is 9.66. The average molecular weight is 400 g/mol. The molecule has 0 bridgehead atoms. The summed E-state index contributed by atoms with van der Waals surface area (Å²) in [6.45, 7) is 0. The van der Waals surface area contributed by atoms with Crippen LogP contribution in [0.3, 0.4) is 0 Å². The molecule has 3 rings (SSSR count). The Bertz CT molecular complexity index is 993. The standard InChI is InChI=1S/C24H16O6/c25-19(16-10-4-1-5-11-16)24(22(28)23(29)30,20(26)17-12-6-2-7-13-17)21(27)18-14-8-3-9-15-18/h1-15H,(H,29,30). The van der Waals surface area contributed by atoms with E-state index in [0.717, 1.165) is 0 Å². The third kappa shape index (κ3) is 3.46. The maximum atomic E-state index is 13.5. The van der Waals surface area contributed by atoms with Crippen LogP contribution < -0.4 is 0 Å². The number of Topliss-reactive ketones (excluding diaryl/α,β-unsaturated/α-hetero) is 4. The number of carbonyl (C=O) groups excluding carboxylic acids is 4. The SMILES string of the molecule is O=C(O)C(=O)C(C(=O)c1ccccc1)(C(=O)c1ccccc1)C(=O)c1ccccc1. The molecule has 0 atom stereocenters. The van der Waals surface area contributed by atoms with Crippen LogP contribution in [0.4, 0.5) is 0 Å². The molecule has 3 aromatic rings. The monoisotopic (exact) mass is 400 g/mol. The molecule has 0 aliphatic heterocycles. The number of carboxylic acids is 1. The summed E-state index contributed by atoms with van der Waals surface area (Å²) in [7, 11) is 0. The van der Waals surface area contributed by atoms with E-state index in [4.69, 9.17) is 0 Å². The van der Waals surface area contributed by atoms with Crippen molar-refractivity contribution in [2.45, 2.75) is 0 Å². The Hall–Kier alpha value is -4.19. The summed E-state index contributed by atoms with van der Waals surface area (Å²) < 4.78 is 0. The zero-order valence-electron chi connectivity index (χ0n) is 15.6. The van der Waals surface area contributed by atoms with E-state index in [9.17, 15) is 29.1 Å². The van der Waals surface area contributed by atoms with Gasteiger partial charge in [0.2, 0.25) is 5.41 Å². The van der Waals surface area contributed by atoms with E-state index in [1.165, 1.54) is 72.8 Å². The highest BCUT2D eigenvalue weighted by Gasteiger charge is 2.61. The average Bonchev–Trinajstić information content (AvgIpc) is 2.80. The number of carboxylic acid groups (broad SMARTS) is 1. The summed E-state index contributed by atoms with van der Waals surface area (Å²) in [5, 5.41) is 9.50. The topological polar surface area (TPSA) is 106 Å². The lowest BCUT2D eigenvalue weighted by Gasteiger charge is -2.27. The van der Waals surface area contributed by atoms with E-state index in [2.05, 4.69) is 0 Å². The molecule has 0 saturated heterocycles. The Balaban J connectivity index is 2.35. The van der Waals surface area contributed by atoms with Crippen LogP contribution in [0, 0.1) is 5.41 Å². The fourth-order valence-electron chi connectivity index (χ4n) is 3.20. The van der Waals surface area contributed by atoms with Gasteiger partial charge in [0.25, 0.3) is 5.78 Å². The normalized spacial score (nSPS) is 10.8. The first-order valence-electron chi connectivity index (χ1n) is 8.98.